The molecule has 2 heterocycles. The Kier molecular flexibility index (Phi) is 5.83. The maximum Gasteiger partial charge on any atom is 0.325 e. The van der Waals surface area contributed by atoms with E-state index in [2.05, 4.69) is 10.3 Å². The number of fused-ring (bicyclic) bond motifs is 1. The minimum absolute atomic E-state index is 0.167. The van der Waals surface area contributed by atoms with E-state index in [1.54, 1.807) is 29.3 Å². The molecule has 2 aromatic rings. The van der Waals surface area contributed by atoms with Gasteiger partial charge >= 0.3 is 11.9 Å². The summed E-state index contributed by atoms with van der Waals surface area (Å²) in [5.74, 6) is -3.18. The van der Waals surface area contributed by atoms with Crippen molar-refractivity contribution in [2.75, 3.05) is 11.9 Å². The summed E-state index contributed by atoms with van der Waals surface area (Å²) in [6.45, 7) is 0.433. The number of carboxylic acid groups (broad SMARTS) is 2. The number of nitrogens with two attached hydrogens (primary N) is 1. The van der Waals surface area contributed by atoms with Crippen molar-refractivity contribution < 1.29 is 29.4 Å². The Labute approximate surface area is 165 Å². The van der Waals surface area contributed by atoms with E-state index in [1.807, 2.05) is 0 Å². The predicted molar refractivity (Wildman–Crippen MR) is 103 cm³/mol. The average molecular weight is 402 g/mol. The monoisotopic (exact) mass is 402 g/mol. The van der Waals surface area contributed by atoms with E-state index in [-0.39, 0.29) is 12.8 Å². The van der Waals surface area contributed by atoms with Gasteiger partial charge in [0, 0.05) is 41.3 Å². The highest BCUT2D eigenvalue weighted by molar-refractivity contribution is 5.97. The van der Waals surface area contributed by atoms with Crippen molar-refractivity contribution in [3.05, 3.63) is 30.0 Å². The minimum atomic E-state index is -1.10. The van der Waals surface area contributed by atoms with Gasteiger partial charge < -0.3 is 26.2 Å². The molecule has 0 unspecified atom stereocenters. The van der Waals surface area contributed by atoms with Crippen LogP contribution in [0.1, 0.15) is 37.3 Å². The number of primary amides is 1. The Morgan fingerprint density at radius 1 is 1.24 bits per heavy atom. The minimum Gasteiger partial charge on any atom is -0.481 e. The third-order valence-electron chi connectivity index (χ3n) is 5.05. The number of benzene rings is 1. The first kappa shape index (κ1) is 20.3. The highest BCUT2D eigenvalue weighted by Crippen LogP contribution is 2.34. The second-order valence-electron chi connectivity index (χ2n) is 6.99. The predicted octanol–water partition coefficient (Wildman–Crippen LogP) is 1.05. The number of amides is 2. The number of H-pyrrole nitrogens is 1. The van der Waals surface area contributed by atoms with Gasteiger partial charge in [-0.15, -0.1) is 0 Å². The maximum absolute atomic E-state index is 12.1. The SMILES string of the molecule is NC(=O)[C@@H]1CCCN1[C@@H](C(=O)O)c1c[nH]c2ccc(NC(=O)CCC(=O)O)cc12. The lowest BCUT2D eigenvalue weighted by molar-refractivity contribution is -0.145. The number of anilines is 1. The third kappa shape index (κ3) is 4.37. The molecule has 154 valence electrons. The lowest BCUT2D eigenvalue weighted by Gasteiger charge is -2.28. The summed E-state index contributed by atoms with van der Waals surface area (Å²) in [4.78, 5) is 50.9. The van der Waals surface area contributed by atoms with Crippen LogP contribution in [0, 0.1) is 0 Å². The van der Waals surface area contributed by atoms with E-state index in [0.717, 1.165) is 0 Å². The van der Waals surface area contributed by atoms with Gasteiger partial charge in [0.1, 0.15) is 6.04 Å². The van der Waals surface area contributed by atoms with Crippen molar-refractivity contribution in [3.63, 3.8) is 0 Å². The molecule has 3 rings (SSSR count). The lowest BCUT2D eigenvalue weighted by atomic mass is 10.0. The zero-order valence-electron chi connectivity index (χ0n) is 15.6. The van der Waals surface area contributed by atoms with E-state index in [0.29, 0.717) is 41.5 Å². The van der Waals surface area contributed by atoms with Crippen molar-refractivity contribution in [1.29, 1.82) is 0 Å². The molecular weight excluding hydrogens is 380 g/mol. The number of hydrogen-bond acceptors (Lipinski definition) is 5. The summed E-state index contributed by atoms with van der Waals surface area (Å²) in [5, 5.41) is 21.8. The fourth-order valence-electron chi connectivity index (χ4n) is 3.75. The van der Waals surface area contributed by atoms with E-state index >= 15 is 0 Å². The van der Waals surface area contributed by atoms with Gasteiger partial charge in [-0.2, -0.15) is 0 Å². The fraction of sp³-hybridized carbons (Fsp3) is 0.368. The summed E-state index contributed by atoms with van der Waals surface area (Å²) in [7, 11) is 0. The highest BCUT2D eigenvalue weighted by Gasteiger charge is 2.39. The molecule has 1 saturated heterocycles. The van der Waals surface area contributed by atoms with Crippen molar-refractivity contribution in [3.8, 4) is 0 Å². The molecule has 1 fully saturated rings. The van der Waals surface area contributed by atoms with E-state index < -0.39 is 35.8 Å². The number of nitrogens with one attached hydrogen (secondary N) is 2. The molecule has 2 atom stereocenters. The summed E-state index contributed by atoms with van der Waals surface area (Å²) < 4.78 is 0. The average Bonchev–Trinajstić information content (AvgIpc) is 3.28. The van der Waals surface area contributed by atoms with Crippen LogP contribution in [0.2, 0.25) is 0 Å². The van der Waals surface area contributed by atoms with Gasteiger partial charge in [-0.05, 0) is 31.0 Å². The van der Waals surface area contributed by atoms with Crippen molar-refractivity contribution in [1.82, 2.24) is 9.88 Å². The highest BCUT2D eigenvalue weighted by atomic mass is 16.4. The molecule has 0 bridgehead atoms. The van der Waals surface area contributed by atoms with Crippen LogP contribution in [-0.4, -0.2) is 56.4 Å². The molecule has 2 amide bonds. The molecule has 10 heteroatoms. The first-order valence-corrected chi connectivity index (χ1v) is 9.18. The zero-order chi connectivity index (χ0) is 21.1. The smallest absolute Gasteiger partial charge is 0.325 e. The van der Waals surface area contributed by atoms with Crippen molar-refractivity contribution in [2.24, 2.45) is 5.73 Å². The summed E-state index contributed by atoms with van der Waals surface area (Å²) in [6, 6.07) is 3.24. The molecule has 0 spiro atoms. The Bertz CT molecular complexity index is 969. The van der Waals surface area contributed by atoms with Crippen LogP contribution in [-0.2, 0) is 19.2 Å². The number of carboxylic acids is 2. The molecule has 6 N–H and O–H groups in total. The van der Waals surface area contributed by atoms with Crippen LogP contribution in [0.5, 0.6) is 0 Å². The number of aromatic amines is 1. The molecule has 0 aliphatic carbocycles. The molecule has 1 aliphatic rings. The molecule has 1 aliphatic heterocycles. The van der Waals surface area contributed by atoms with Crippen LogP contribution in [0.3, 0.4) is 0 Å². The second-order valence-corrected chi connectivity index (χ2v) is 6.99. The molecular formula is C19H22N4O6. The Balaban J connectivity index is 1.91. The maximum atomic E-state index is 12.1. The lowest BCUT2D eigenvalue weighted by Crippen LogP contribution is -2.44. The second kappa shape index (κ2) is 8.31. The summed E-state index contributed by atoms with van der Waals surface area (Å²) >= 11 is 0. The number of rotatable bonds is 8. The number of aromatic nitrogens is 1. The first-order valence-electron chi connectivity index (χ1n) is 9.18. The summed E-state index contributed by atoms with van der Waals surface area (Å²) in [6.07, 6.45) is 2.31. The van der Waals surface area contributed by atoms with Crippen LogP contribution in [0.25, 0.3) is 10.9 Å². The molecule has 10 nitrogen and oxygen atoms in total. The molecule has 29 heavy (non-hydrogen) atoms. The van der Waals surface area contributed by atoms with Gasteiger partial charge in [-0.25, -0.2) is 0 Å². The molecule has 0 radical (unpaired) electrons. The molecule has 1 aromatic heterocycles. The van der Waals surface area contributed by atoms with E-state index in [4.69, 9.17) is 10.8 Å². The largest absolute Gasteiger partial charge is 0.481 e. The number of carbonyl (C=O) groups excluding carboxylic acids is 2. The van der Waals surface area contributed by atoms with E-state index in [9.17, 15) is 24.3 Å². The van der Waals surface area contributed by atoms with Crippen LogP contribution in [0.4, 0.5) is 5.69 Å². The number of nitrogens with zero attached hydrogens (tertiary/aromatic N) is 1. The standard InChI is InChI=1S/C19H22N4O6/c20-18(27)14-2-1-7-23(14)17(19(28)29)12-9-21-13-4-3-10(8-11(12)13)22-15(24)5-6-16(25)26/h3-4,8-9,14,17,21H,1-2,5-7H2,(H2,20,27)(H,22,24)(H,25,26)(H,28,29)/t14-,17+/m0/s1. The number of hydrogen-bond donors (Lipinski definition) is 5. The van der Waals surface area contributed by atoms with Gasteiger partial charge in [-0.3, -0.25) is 24.1 Å². The first-order chi connectivity index (χ1) is 13.8. The third-order valence-corrected chi connectivity index (χ3v) is 5.05. The molecule has 0 saturated carbocycles. The topological polar surface area (TPSA) is 166 Å². The molecule has 1 aromatic carbocycles. The van der Waals surface area contributed by atoms with Gasteiger partial charge in [0.25, 0.3) is 0 Å². The van der Waals surface area contributed by atoms with Gasteiger partial charge in [0.15, 0.2) is 0 Å². The number of carbonyl (C=O) groups is 4. The van der Waals surface area contributed by atoms with Gasteiger partial charge in [0.05, 0.1) is 12.5 Å². The van der Waals surface area contributed by atoms with Gasteiger partial charge in [-0.1, -0.05) is 0 Å². The van der Waals surface area contributed by atoms with Crippen molar-refractivity contribution in [2.45, 2.75) is 37.8 Å². The zero-order valence-corrected chi connectivity index (χ0v) is 15.6. The van der Waals surface area contributed by atoms with E-state index in [1.165, 1.54) is 0 Å². The van der Waals surface area contributed by atoms with Gasteiger partial charge in [0.2, 0.25) is 11.8 Å². The Hall–Kier alpha value is -3.40. The quantitative estimate of drug-likeness (QED) is 0.440. The van der Waals surface area contributed by atoms with Crippen molar-refractivity contribution >= 4 is 40.3 Å². The normalized spacial score (nSPS) is 17.9. The van der Waals surface area contributed by atoms with Crippen LogP contribution < -0.4 is 11.1 Å². The fourth-order valence-corrected chi connectivity index (χ4v) is 3.75. The Morgan fingerprint density at radius 2 is 2.00 bits per heavy atom. The van der Waals surface area contributed by atoms with Crippen LogP contribution >= 0.6 is 0 Å². The summed E-state index contributed by atoms with van der Waals surface area (Å²) in [5.41, 5.74) is 7.00. The number of aliphatic carboxylic acids is 2. The Morgan fingerprint density at radius 3 is 2.66 bits per heavy atom. The number of likely N-dealkylation sites (tertiary alicyclic amines) is 1. The van der Waals surface area contributed by atoms with Crippen LogP contribution in [0.15, 0.2) is 24.4 Å².